The number of carbonyl (C=O) groups excluding carboxylic acids is 1. The molecule has 9 nitrogen and oxygen atoms in total. The summed E-state index contributed by atoms with van der Waals surface area (Å²) in [6.45, 7) is 21.6. The van der Waals surface area contributed by atoms with Crippen molar-refractivity contribution in [2.75, 3.05) is 38.7 Å². The first-order valence-electron chi connectivity index (χ1n) is 20.6. The van der Waals surface area contributed by atoms with Crippen LogP contribution in [-0.2, 0) is 4.74 Å². The summed E-state index contributed by atoms with van der Waals surface area (Å²) < 4.78 is 59.6. The lowest BCUT2D eigenvalue weighted by Gasteiger charge is -2.38. The van der Waals surface area contributed by atoms with Gasteiger partial charge in [-0.2, -0.15) is 9.97 Å². The summed E-state index contributed by atoms with van der Waals surface area (Å²) in [7, 11) is 1.43. The maximum absolute atomic E-state index is 17.4. The van der Waals surface area contributed by atoms with E-state index in [-0.39, 0.29) is 47.5 Å². The fourth-order valence-electron chi connectivity index (χ4n) is 9.37. The highest BCUT2D eigenvalue weighted by molar-refractivity contribution is 6.90. The van der Waals surface area contributed by atoms with Crippen LogP contribution in [-0.4, -0.2) is 103 Å². The number of anilines is 1. The molecule has 13 heteroatoms. The zero-order valence-electron chi connectivity index (χ0n) is 36.1. The van der Waals surface area contributed by atoms with Crippen LogP contribution in [0.15, 0.2) is 36.5 Å². The number of alkyl halides is 1. The van der Waals surface area contributed by atoms with E-state index in [4.69, 9.17) is 19.4 Å². The van der Waals surface area contributed by atoms with Crippen LogP contribution in [0.4, 0.5) is 23.8 Å². The van der Waals surface area contributed by atoms with Crippen LogP contribution in [0.3, 0.4) is 0 Å². The minimum Gasteiger partial charge on any atom is -0.462 e. The van der Waals surface area contributed by atoms with Crippen molar-refractivity contribution < 1.29 is 27.4 Å². The molecule has 6 rings (SSSR count). The number of fused-ring (bicyclic) bond motifs is 2. The van der Waals surface area contributed by atoms with Crippen molar-refractivity contribution in [3.05, 3.63) is 53.7 Å². The Labute approximate surface area is 342 Å². The molecule has 2 saturated heterocycles. The van der Waals surface area contributed by atoms with Gasteiger partial charge in [0, 0.05) is 43.3 Å². The van der Waals surface area contributed by atoms with Crippen molar-refractivity contribution in [1.82, 2.24) is 24.8 Å². The second kappa shape index (κ2) is 16.7. The van der Waals surface area contributed by atoms with Crippen LogP contribution < -0.4 is 9.64 Å². The summed E-state index contributed by atoms with van der Waals surface area (Å²) in [6, 6.07) is 7.75. The van der Waals surface area contributed by atoms with E-state index in [1.54, 1.807) is 29.3 Å². The Hall–Kier alpha value is -4.41. The molecule has 2 aliphatic rings. The van der Waals surface area contributed by atoms with Crippen molar-refractivity contribution in [1.29, 1.82) is 0 Å². The van der Waals surface area contributed by atoms with Crippen LogP contribution in [0.1, 0.15) is 87.6 Å². The van der Waals surface area contributed by atoms with Crippen molar-refractivity contribution in [2.45, 2.75) is 129 Å². The highest BCUT2D eigenvalue weighted by atomic mass is 28.3. The average Bonchev–Trinajstić information content (AvgIpc) is 3.69. The first kappa shape index (κ1) is 43.2. The number of rotatable bonds is 9. The number of carbonyl (C=O) groups is 1. The molecule has 0 spiro atoms. The van der Waals surface area contributed by atoms with Crippen molar-refractivity contribution >= 4 is 41.7 Å². The Bertz CT molecular complexity index is 2210. The predicted octanol–water partition coefficient (Wildman–Crippen LogP) is 9.95. The molecule has 1 amide bonds. The van der Waals surface area contributed by atoms with Crippen molar-refractivity contribution in [2.24, 2.45) is 0 Å². The van der Waals surface area contributed by atoms with Crippen LogP contribution >= 0.6 is 0 Å². The fourth-order valence-corrected chi connectivity index (χ4v) is 14.6. The molecule has 2 aromatic heterocycles. The van der Waals surface area contributed by atoms with Gasteiger partial charge >= 0.3 is 12.1 Å². The lowest BCUT2D eigenvalue weighted by atomic mass is 9.96. The van der Waals surface area contributed by atoms with Crippen molar-refractivity contribution in [3.63, 3.8) is 0 Å². The SMILES string of the molecule is CC(C)[Si](C#Cc1c(F)ccc2cccc(-c3ncc4c(N(C)[C@@H]5CCN(C(=O)OC(C)(C)C)[C@@H]5C)nc(OC[C@@H]5C[C@@H](F)CN5C)nc4c3F)c12)(C(C)C)C(C)C. The zero-order valence-corrected chi connectivity index (χ0v) is 37.1. The number of pyridine rings is 1. The number of likely N-dealkylation sites (tertiary alicyclic amines) is 2. The van der Waals surface area contributed by atoms with E-state index in [0.29, 0.717) is 70.1 Å². The number of likely N-dealkylation sites (N-methyl/N-ethyl adjacent to an activating group) is 2. The smallest absolute Gasteiger partial charge is 0.410 e. The lowest BCUT2D eigenvalue weighted by Crippen LogP contribution is -2.45. The Morgan fingerprint density at radius 2 is 1.74 bits per heavy atom. The van der Waals surface area contributed by atoms with Crippen LogP contribution in [0, 0.1) is 23.1 Å². The van der Waals surface area contributed by atoms with E-state index in [0.717, 1.165) is 0 Å². The topological polar surface area (TPSA) is 83.9 Å². The number of halogens is 3. The highest BCUT2D eigenvalue weighted by Gasteiger charge is 2.42. The second-order valence-corrected chi connectivity index (χ2v) is 23.7. The summed E-state index contributed by atoms with van der Waals surface area (Å²) >= 11 is 0. The van der Waals surface area contributed by atoms with E-state index in [9.17, 15) is 9.18 Å². The van der Waals surface area contributed by atoms with Crippen LogP contribution in [0.5, 0.6) is 6.01 Å². The molecule has 2 aromatic carbocycles. The van der Waals surface area contributed by atoms with E-state index >= 15 is 8.78 Å². The molecule has 0 bridgehead atoms. The molecule has 58 heavy (non-hydrogen) atoms. The summed E-state index contributed by atoms with van der Waals surface area (Å²) in [6.07, 6.45) is 1.08. The molecule has 4 aromatic rings. The van der Waals surface area contributed by atoms with Crippen LogP contribution in [0.25, 0.3) is 32.9 Å². The molecule has 0 N–H and O–H groups in total. The molecular weight excluding hydrogens is 758 g/mol. The van der Waals surface area contributed by atoms with E-state index < -0.39 is 37.6 Å². The quantitative estimate of drug-likeness (QED) is 0.122. The zero-order chi connectivity index (χ0) is 42.4. The predicted molar refractivity (Wildman–Crippen MR) is 229 cm³/mol. The molecule has 0 unspecified atom stereocenters. The van der Waals surface area contributed by atoms with Gasteiger partial charge in [-0.1, -0.05) is 71.7 Å². The molecule has 2 fully saturated rings. The van der Waals surface area contributed by atoms with E-state index in [2.05, 4.69) is 58.0 Å². The number of hydrogen-bond donors (Lipinski definition) is 0. The third-order valence-electron chi connectivity index (χ3n) is 12.4. The number of ether oxygens (including phenoxy) is 2. The van der Waals surface area contributed by atoms with Gasteiger partial charge in [-0.3, -0.25) is 9.88 Å². The van der Waals surface area contributed by atoms with Gasteiger partial charge in [0.25, 0.3) is 0 Å². The minimum atomic E-state index is -2.26. The molecule has 312 valence electrons. The number of amides is 1. The Morgan fingerprint density at radius 1 is 1.05 bits per heavy atom. The normalized spacial score (nSPS) is 20.4. The Kier molecular flexibility index (Phi) is 12.4. The van der Waals surface area contributed by atoms with Gasteiger partial charge in [0.1, 0.15) is 49.3 Å². The largest absolute Gasteiger partial charge is 0.462 e. The summed E-state index contributed by atoms with van der Waals surface area (Å²) in [5.74, 6) is 2.49. The van der Waals surface area contributed by atoms with Gasteiger partial charge in [0.05, 0.1) is 23.0 Å². The van der Waals surface area contributed by atoms with Gasteiger partial charge in [-0.15, -0.1) is 5.54 Å². The number of aromatic nitrogens is 3. The fraction of sp³-hybridized carbons (Fsp3) is 0.556. The lowest BCUT2D eigenvalue weighted by molar-refractivity contribution is 0.0233. The van der Waals surface area contributed by atoms with Gasteiger partial charge in [-0.25, -0.2) is 18.0 Å². The monoisotopic (exact) mass is 816 g/mol. The second-order valence-electron chi connectivity index (χ2n) is 18.1. The summed E-state index contributed by atoms with van der Waals surface area (Å²) in [5, 5.41) is 1.53. The maximum atomic E-state index is 17.4. The molecule has 0 saturated carbocycles. The molecule has 4 heterocycles. The standard InChI is InChI=1S/C45H59F3N6O3Si/c1-26(2)58(27(3)4,28(5)6)21-19-33-36(47)17-16-30-14-13-15-34(38(30)33)40-39(48)41-35(23-49-40)42(51-43(50-41)56-25-32-22-31(46)24-52(32)11)53(12)37-18-20-54(29(37)7)44(55)57-45(8,9)10/h13-17,23,26-29,31-32,37H,18,20,22,24-25H2,1-12H3/t29-,31-,32+,37-/m1/s1. The van der Waals surface area contributed by atoms with Gasteiger partial charge in [0.15, 0.2) is 5.82 Å². The number of benzene rings is 2. The molecule has 0 radical (unpaired) electrons. The van der Waals surface area contributed by atoms with Crippen molar-refractivity contribution in [3.8, 4) is 28.7 Å². The molecule has 4 atom stereocenters. The van der Waals surface area contributed by atoms with Gasteiger partial charge < -0.3 is 19.3 Å². The first-order valence-corrected chi connectivity index (χ1v) is 22.8. The first-order chi connectivity index (χ1) is 27.2. The highest BCUT2D eigenvalue weighted by Crippen LogP contribution is 2.42. The Balaban J connectivity index is 1.49. The van der Waals surface area contributed by atoms with E-state index in [1.807, 2.05) is 57.7 Å². The van der Waals surface area contributed by atoms with Gasteiger partial charge in [0.2, 0.25) is 0 Å². The maximum Gasteiger partial charge on any atom is 0.410 e. The Morgan fingerprint density at radius 3 is 2.36 bits per heavy atom. The minimum absolute atomic E-state index is 0.00813. The summed E-state index contributed by atoms with van der Waals surface area (Å²) in [5.41, 5.74) is 4.58. The number of nitrogens with zero attached hydrogens (tertiary/aromatic N) is 6. The number of hydrogen-bond acceptors (Lipinski definition) is 8. The third-order valence-corrected chi connectivity index (χ3v) is 18.7. The van der Waals surface area contributed by atoms with Crippen LogP contribution in [0.2, 0.25) is 16.6 Å². The average molecular weight is 817 g/mol. The third kappa shape index (κ3) is 8.24. The molecule has 2 aliphatic heterocycles. The molecule has 0 aliphatic carbocycles. The molecular formula is C45H59F3N6O3Si. The van der Waals surface area contributed by atoms with Gasteiger partial charge in [-0.05, 0) is 75.7 Å². The van der Waals surface area contributed by atoms with E-state index in [1.165, 1.54) is 6.07 Å². The summed E-state index contributed by atoms with van der Waals surface area (Å²) in [4.78, 5) is 32.8.